The number of amides is 4. The van der Waals surface area contributed by atoms with Gasteiger partial charge in [0.15, 0.2) is 0 Å². The van der Waals surface area contributed by atoms with Gasteiger partial charge in [-0.05, 0) is 78.6 Å². The lowest BCUT2D eigenvalue weighted by atomic mass is 9.98. The molecule has 0 spiro atoms. The maximum Gasteiger partial charge on any atom is 0.407 e. The monoisotopic (exact) mass is 758 g/mol. The summed E-state index contributed by atoms with van der Waals surface area (Å²) >= 11 is 0. The summed E-state index contributed by atoms with van der Waals surface area (Å²) in [6.45, 7) is 8.55. The van der Waals surface area contributed by atoms with Crippen molar-refractivity contribution in [2.45, 2.75) is 84.0 Å². The van der Waals surface area contributed by atoms with Crippen molar-refractivity contribution < 1.29 is 23.9 Å². The van der Waals surface area contributed by atoms with E-state index in [9.17, 15) is 19.2 Å². The molecule has 2 fully saturated rings. The minimum atomic E-state index is -0.688. The first-order valence-corrected chi connectivity index (χ1v) is 19.5. The first kappa shape index (κ1) is 38.3. The third-order valence-electron chi connectivity index (χ3n) is 11.0. The zero-order chi connectivity index (χ0) is 39.5. The fourth-order valence-corrected chi connectivity index (χ4v) is 7.93. The van der Waals surface area contributed by atoms with Crippen molar-refractivity contribution in [1.82, 2.24) is 40.4 Å². The molecule has 4 N–H and O–H groups in total. The summed E-state index contributed by atoms with van der Waals surface area (Å²) in [5.74, 6) is 1.00. The van der Waals surface area contributed by atoms with Gasteiger partial charge in [-0.15, -0.1) is 0 Å². The van der Waals surface area contributed by atoms with Crippen LogP contribution in [0.2, 0.25) is 0 Å². The van der Waals surface area contributed by atoms with E-state index < -0.39 is 18.2 Å². The van der Waals surface area contributed by atoms with Crippen LogP contribution in [0.25, 0.3) is 44.4 Å². The molecule has 3 aromatic carbocycles. The van der Waals surface area contributed by atoms with Crippen molar-refractivity contribution in [2.24, 2.45) is 5.92 Å². The molecule has 0 aliphatic carbocycles. The van der Waals surface area contributed by atoms with E-state index in [-0.39, 0.29) is 35.7 Å². The number of methoxy groups -OCH3 is 1. The van der Waals surface area contributed by atoms with Gasteiger partial charge in [-0.1, -0.05) is 63.2 Å². The highest BCUT2D eigenvalue weighted by molar-refractivity contribution is 5.91. The van der Waals surface area contributed by atoms with Crippen molar-refractivity contribution in [1.29, 1.82) is 0 Å². The number of rotatable bonds is 11. The molecule has 5 aromatic rings. The Morgan fingerprint density at radius 2 is 1.29 bits per heavy atom. The lowest BCUT2D eigenvalue weighted by Crippen LogP contribution is -2.51. The minimum Gasteiger partial charge on any atom is -0.453 e. The van der Waals surface area contributed by atoms with Crippen LogP contribution in [-0.2, 0) is 19.1 Å². The summed E-state index contributed by atoms with van der Waals surface area (Å²) in [5, 5.41) is 7.68. The Balaban J connectivity index is 1.05. The van der Waals surface area contributed by atoms with Crippen LogP contribution in [-0.4, -0.2) is 85.8 Å². The molecule has 0 radical (unpaired) electrons. The number of hydrogen-bond donors (Lipinski definition) is 4. The molecule has 4 atom stereocenters. The summed E-state index contributed by atoms with van der Waals surface area (Å²) in [5.41, 5.74) is 5.88. The SMILES string of the molecule is CCC(=O)N[C@@H](C)C(=O)N1CCC[C@H]1c1ncc(-c2cccc(-c3ccc4cc(-c5cnc([C@@H]6CCCN6C(=O)[C@@H](NC(=O)OC)C(C)C)[nH]5)ccc4c3)c2)[nH]1. The average Bonchev–Trinajstić information content (AvgIpc) is 4.05. The van der Waals surface area contributed by atoms with Gasteiger partial charge in [0.05, 0.1) is 43.0 Å². The minimum absolute atomic E-state index is 0.0941. The van der Waals surface area contributed by atoms with Gasteiger partial charge in [-0.3, -0.25) is 14.4 Å². The molecule has 4 amide bonds. The van der Waals surface area contributed by atoms with Gasteiger partial charge in [-0.2, -0.15) is 0 Å². The highest BCUT2D eigenvalue weighted by atomic mass is 16.5. The van der Waals surface area contributed by atoms with Crippen molar-refractivity contribution in [3.8, 4) is 33.6 Å². The number of imidazole rings is 2. The molecule has 2 aliphatic rings. The van der Waals surface area contributed by atoms with Crippen LogP contribution >= 0.6 is 0 Å². The Hall–Kier alpha value is -5.98. The van der Waals surface area contributed by atoms with Crippen molar-refractivity contribution >= 4 is 34.6 Å². The molecule has 4 heterocycles. The van der Waals surface area contributed by atoms with Gasteiger partial charge in [-0.25, -0.2) is 14.8 Å². The highest BCUT2D eigenvalue weighted by Gasteiger charge is 2.38. The van der Waals surface area contributed by atoms with E-state index in [4.69, 9.17) is 14.7 Å². The Kier molecular flexibility index (Phi) is 11.2. The second kappa shape index (κ2) is 16.4. The molecule has 13 heteroatoms. The van der Waals surface area contributed by atoms with E-state index in [0.29, 0.717) is 19.5 Å². The predicted octanol–water partition coefficient (Wildman–Crippen LogP) is 6.91. The standard InChI is InChI=1S/C43H50N8O5/c1-6-37(52)46-26(4)41(53)50-18-8-12-35(50)39-44-23-33(47-39)31-11-7-10-27(21-31)28-14-15-30-22-32(17-16-29(30)20-28)34-24-45-40(48-34)36-13-9-19-51(36)42(54)38(25(2)3)49-43(55)56-5/h7,10-11,14-17,20-26,35-36,38H,6,8-9,12-13,18-19H2,1-5H3,(H,44,47)(H,45,48)(H,46,52)(H,49,55)/t26-,35-,36-,38-/m0/s1. The molecule has 2 saturated heterocycles. The zero-order valence-electron chi connectivity index (χ0n) is 32.6. The number of carbonyl (C=O) groups excluding carboxylic acids is 4. The first-order valence-electron chi connectivity index (χ1n) is 19.5. The number of aromatic amines is 2. The Morgan fingerprint density at radius 3 is 1.88 bits per heavy atom. The molecule has 2 aromatic heterocycles. The first-order chi connectivity index (χ1) is 27.0. The van der Waals surface area contributed by atoms with Crippen molar-refractivity contribution in [2.75, 3.05) is 20.2 Å². The van der Waals surface area contributed by atoms with Gasteiger partial charge in [0.2, 0.25) is 17.7 Å². The smallest absolute Gasteiger partial charge is 0.407 e. The third kappa shape index (κ3) is 7.89. The number of ether oxygens (including phenoxy) is 1. The van der Waals surface area contributed by atoms with Crippen LogP contribution in [0.4, 0.5) is 4.79 Å². The molecule has 0 unspecified atom stereocenters. The number of likely N-dealkylation sites (tertiary alicyclic amines) is 2. The Bertz CT molecular complexity index is 2240. The Labute approximate surface area is 326 Å². The number of benzene rings is 3. The molecule has 7 rings (SSSR count). The maximum absolute atomic E-state index is 13.6. The topological polar surface area (TPSA) is 165 Å². The summed E-state index contributed by atoms with van der Waals surface area (Å²) < 4.78 is 4.77. The summed E-state index contributed by atoms with van der Waals surface area (Å²) in [4.78, 5) is 70.7. The van der Waals surface area contributed by atoms with E-state index >= 15 is 0 Å². The molecule has 0 bridgehead atoms. The van der Waals surface area contributed by atoms with Crippen LogP contribution in [0.3, 0.4) is 0 Å². The number of carbonyl (C=O) groups is 4. The number of alkyl carbamates (subject to hydrolysis) is 1. The zero-order valence-corrected chi connectivity index (χ0v) is 32.6. The largest absolute Gasteiger partial charge is 0.453 e. The van der Waals surface area contributed by atoms with E-state index in [1.54, 1.807) is 13.8 Å². The predicted molar refractivity (Wildman–Crippen MR) is 214 cm³/mol. The van der Waals surface area contributed by atoms with Crippen LogP contribution < -0.4 is 10.6 Å². The van der Waals surface area contributed by atoms with Gasteiger partial charge >= 0.3 is 6.09 Å². The number of nitrogens with one attached hydrogen (secondary N) is 4. The summed E-state index contributed by atoms with van der Waals surface area (Å²) in [7, 11) is 1.29. The average molecular weight is 759 g/mol. The molecular formula is C43H50N8O5. The normalized spacial score (nSPS) is 18.0. The molecule has 56 heavy (non-hydrogen) atoms. The van der Waals surface area contributed by atoms with Crippen molar-refractivity contribution in [3.05, 3.63) is 84.7 Å². The highest BCUT2D eigenvalue weighted by Crippen LogP contribution is 2.35. The van der Waals surface area contributed by atoms with Gasteiger partial charge in [0, 0.05) is 30.6 Å². The number of hydrogen-bond acceptors (Lipinski definition) is 7. The quantitative estimate of drug-likeness (QED) is 0.114. The lowest BCUT2D eigenvalue weighted by molar-refractivity contribution is -0.136. The van der Waals surface area contributed by atoms with Crippen LogP contribution in [0.1, 0.15) is 83.5 Å². The van der Waals surface area contributed by atoms with E-state index in [2.05, 4.69) is 75.2 Å². The summed E-state index contributed by atoms with van der Waals surface area (Å²) in [6, 6.07) is 19.4. The van der Waals surface area contributed by atoms with Crippen LogP contribution in [0, 0.1) is 5.92 Å². The van der Waals surface area contributed by atoms with Crippen LogP contribution in [0.15, 0.2) is 73.1 Å². The number of fused-ring (bicyclic) bond motifs is 1. The van der Waals surface area contributed by atoms with Crippen molar-refractivity contribution in [3.63, 3.8) is 0 Å². The van der Waals surface area contributed by atoms with E-state index in [1.807, 2.05) is 42.1 Å². The maximum atomic E-state index is 13.6. The second-order valence-corrected chi connectivity index (χ2v) is 15.1. The van der Waals surface area contributed by atoms with E-state index in [0.717, 1.165) is 81.7 Å². The number of nitrogens with zero attached hydrogens (tertiary/aromatic N) is 4. The molecular weight excluding hydrogens is 709 g/mol. The van der Waals surface area contributed by atoms with Crippen LogP contribution in [0.5, 0.6) is 0 Å². The van der Waals surface area contributed by atoms with E-state index in [1.165, 1.54) is 7.11 Å². The lowest BCUT2D eigenvalue weighted by Gasteiger charge is -2.30. The van der Waals surface area contributed by atoms with Gasteiger partial charge in [0.25, 0.3) is 0 Å². The number of H-pyrrole nitrogens is 2. The molecule has 0 saturated carbocycles. The fourth-order valence-electron chi connectivity index (χ4n) is 7.93. The van der Waals surface area contributed by atoms with Gasteiger partial charge in [0.1, 0.15) is 23.7 Å². The third-order valence-corrected chi connectivity index (χ3v) is 11.0. The fraction of sp³-hybridized carbons (Fsp3) is 0.395. The second-order valence-electron chi connectivity index (χ2n) is 15.1. The molecule has 292 valence electrons. The number of aromatic nitrogens is 4. The van der Waals surface area contributed by atoms with Gasteiger partial charge < -0.3 is 35.1 Å². The Morgan fingerprint density at radius 1 is 0.750 bits per heavy atom. The molecule has 13 nitrogen and oxygen atoms in total. The molecule has 2 aliphatic heterocycles. The summed E-state index contributed by atoms with van der Waals surface area (Å²) in [6.07, 6.45) is 6.68.